The van der Waals surface area contributed by atoms with Crippen LogP contribution < -0.4 is 5.32 Å². The first-order chi connectivity index (χ1) is 9.63. The van der Waals surface area contributed by atoms with E-state index in [0.29, 0.717) is 13.1 Å². The molecule has 2 N–H and O–H groups in total. The van der Waals surface area contributed by atoms with Crippen LogP contribution in [0.1, 0.15) is 60.3 Å². The van der Waals surface area contributed by atoms with Gasteiger partial charge in [-0.3, -0.25) is 0 Å². The average Bonchev–Trinajstić information content (AvgIpc) is 2.35. The number of hydrogen-bond donors (Lipinski definition) is 2. The SMILES string of the molecule is CCCC(C)(O)CNC1CCCN(C(=O)OC(C)(C)C)C1. The largest absolute Gasteiger partial charge is 0.444 e. The minimum absolute atomic E-state index is 0.231. The van der Waals surface area contributed by atoms with E-state index in [4.69, 9.17) is 4.74 Å². The predicted octanol–water partition coefficient (Wildman–Crippen LogP) is 2.53. The fourth-order valence-electron chi connectivity index (χ4n) is 2.63. The van der Waals surface area contributed by atoms with Gasteiger partial charge in [0.05, 0.1) is 5.60 Å². The Morgan fingerprint density at radius 1 is 1.38 bits per heavy atom. The molecule has 0 aromatic heterocycles. The quantitative estimate of drug-likeness (QED) is 0.819. The Hall–Kier alpha value is -0.810. The molecule has 0 spiro atoms. The highest BCUT2D eigenvalue weighted by Crippen LogP contribution is 2.16. The number of carbonyl (C=O) groups excluding carboxylic acids is 1. The summed E-state index contributed by atoms with van der Waals surface area (Å²) in [6, 6.07) is 0.231. The third-order valence-corrected chi connectivity index (χ3v) is 3.63. The summed E-state index contributed by atoms with van der Waals surface area (Å²) in [6.45, 7) is 11.5. The molecule has 124 valence electrons. The first-order valence-electron chi connectivity index (χ1n) is 8.06. The second-order valence-electron chi connectivity index (χ2n) is 7.39. The van der Waals surface area contributed by atoms with E-state index in [1.807, 2.05) is 27.7 Å². The van der Waals surface area contributed by atoms with E-state index in [-0.39, 0.29) is 12.1 Å². The summed E-state index contributed by atoms with van der Waals surface area (Å²) in [5.41, 5.74) is -1.13. The van der Waals surface area contributed by atoms with Crippen molar-refractivity contribution in [3.05, 3.63) is 0 Å². The van der Waals surface area contributed by atoms with Gasteiger partial charge in [0, 0.05) is 25.7 Å². The molecule has 1 amide bonds. The van der Waals surface area contributed by atoms with E-state index in [1.54, 1.807) is 4.90 Å². The van der Waals surface area contributed by atoms with Crippen LogP contribution in [0.4, 0.5) is 4.79 Å². The molecule has 0 bridgehead atoms. The number of hydrogen-bond acceptors (Lipinski definition) is 4. The molecular formula is C16H32N2O3. The van der Waals surface area contributed by atoms with Crippen molar-refractivity contribution in [2.75, 3.05) is 19.6 Å². The van der Waals surface area contributed by atoms with Crippen molar-refractivity contribution >= 4 is 6.09 Å². The van der Waals surface area contributed by atoms with E-state index >= 15 is 0 Å². The molecule has 5 nitrogen and oxygen atoms in total. The molecule has 1 saturated heterocycles. The number of likely N-dealkylation sites (tertiary alicyclic amines) is 1. The maximum atomic E-state index is 12.1. The molecular weight excluding hydrogens is 268 g/mol. The normalized spacial score (nSPS) is 22.8. The molecule has 5 heteroatoms. The summed E-state index contributed by atoms with van der Waals surface area (Å²) < 4.78 is 5.42. The summed E-state index contributed by atoms with van der Waals surface area (Å²) in [4.78, 5) is 13.9. The molecule has 1 fully saturated rings. The summed E-state index contributed by atoms with van der Waals surface area (Å²) in [7, 11) is 0. The highest BCUT2D eigenvalue weighted by Gasteiger charge is 2.28. The molecule has 21 heavy (non-hydrogen) atoms. The summed E-state index contributed by atoms with van der Waals surface area (Å²) in [5, 5.41) is 13.6. The van der Waals surface area contributed by atoms with Crippen LogP contribution in [0.5, 0.6) is 0 Å². The van der Waals surface area contributed by atoms with Gasteiger partial charge in [-0.25, -0.2) is 4.79 Å². The Morgan fingerprint density at radius 3 is 2.62 bits per heavy atom. The Kier molecular flexibility index (Phi) is 6.47. The van der Waals surface area contributed by atoms with E-state index in [9.17, 15) is 9.90 Å². The topological polar surface area (TPSA) is 61.8 Å². The van der Waals surface area contributed by atoms with Crippen LogP contribution in [-0.2, 0) is 4.74 Å². The third-order valence-electron chi connectivity index (χ3n) is 3.63. The molecule has 1 rings (SSSR count). The molecule has 0 aliphatic carbocycles. The number of rotatable bonds is 5. The van der Waals surface area contributed by atoms with Gasteiger partial charge in [0.1, 0.15) is 5.60 Å². The van der Waals surface area contributed by atoms with E-state index in [0.717, 1.165) is 32.2 Å². The maximum absolute atomic E-state index is 12.1. The lowest BCUT2D eigenvalue weighted by molar-refractivity contribution is 0.0157. The standard InChI is InChI=1S/C16H32N2O3/c1-6-9-16(5,20)12-17-13-8-7-10-18(11-13)14(19)21-15(2,3)4/h13,17,20H,6-12H2,1-5H3. The highest BCUT2D eigenvalue weighted by molar-refractivity contribution is 5.68. The van der Waals surface area contributed by atoms with Crippen LogP contribution in [0.15, 0.2) is 0 Å². The van der Waals surface area contributed by atoms with Crippen molar-refractivity contribution in [2.45, 2.75) is 77.5 Å². The molecule has 0 aromatic carbocycles. The zero-order valence-corrected chi connectivity index (χ0v) is 14.2. The summed E-state index contributed by atoms with van der Waals surface area (Å²) >= 11 is 0. The smallest absolute Gasteiger partial charge is 0.410 e. The van der Waals surface area contributed by atoms with Gasteiger partial charge in [-0.05, 0) is 47.0 Å². The highest BCUT2D eigenvalue weighted by atomic mass is 16.6. The summed E-state index contributed by atoms with van der Waals surface area (Å²) in [6.07, 6.45) is 3.49. The fraction of sp³-hybridized carbons (Fsp3) is 0.938. The van der Waals surface area contributed by atoms with Gasteiger partial charge >= 0.3 is 6.09 Å². The van der Waals surface area contributed by atoms with Crippen LogP contribution in [0.25, 0.3) is 0 Å². The number of carbonyl (C=O) groups is 1. The van der Waals surface area contributed by atoms with Gasteiger partial charge in [0.2, 0.25) is 0 Å². The Bertz CT molecular complexity index is 337. The van der Waals surface area contributed by atoms with Gasteiger partial charge in [-0.15, -0.1) is 0 Å². The first-order valence-corrected chi connectivity index (χ1v) is 8.06. The number of ether oxygens (including phenoxy) is 1. The fourth-order valence-corrected chi connectivity index (χ4v) is 2.63. The van der Waals surface area contributed by atoms with Gasteiger partial charge in [-0.2, -0.15) is 0 Å². The Balaban J connectivity index is 2.43. The number of piperidine rings is 1. The molecule has 1 heterocycles. The minimum atomic E-state index is -0.678. The average molecular weight is 300 g/mol. The molecule has 1 aliphatic rings. The zero-order valence-electron chi connectivity index (χ0n) is 14.2. The van der Waals surface area contributed by atoms with Crippen LogP contribution in [-0.4, -0.2) is 53.0 Å². The van der Waals surface area contributed by atoms with Gasteiger partial charge < -0.3 is 20.1 Å². The first kappa shape index (κ1) is 18.2. The van der Waals surface area contributed by atoms with Crippen LogP contribution >= 0.6 is 0 Å². The van der Waals surface area contributed by atoms with Crippen molar-refractivity contribution in [1.82, 2.24) is 10.2 Å². The van der Waals surface area contributed by atoms with E-state index in [2.05, 4.69) is 12.2 Å². The number of nitrogens with one attached hydrogen (secondary N) is 1. The Morgan fingerprint density at radius 2 is 2.05 bits per heavy atom. The second-order valence-corrected chi connectivity index (χ2v) is 7.39. The predicted molar refractivity (Wildman–Crippen MR) is 84.4 cm³/mol. The molecule has 1 aliphatic heterocycles. The molecule has 0 aromatic rings. The van der Waals surface area contributed by atoms with Crippen LogP contribution in [0.2, 0.25) is 0 Å². The van der Waals surface area contributed by atoms with Crippen molar-refractivity contribution in [2.24, 2.45) is 0 Å². The van der Waals surface area contributed by atoms with Crippen molar-refractivity contribution < 1.29 is 14.6 Å². The second kappa shape index (κ2) is 7.45. The Labute approximate surface area is 129 Å². The summed E-state index contributed by atoms with van der Waals surface area (Å²) in [5.74, 6) is 0. The molecule has 2 unspecified atom stereocenters. The van der Waals surface area contributed by atoms with Gasteiger partial charge in [0.25, 0.3) is 0 Å². The maximum Gasteiger partial charge on any atom is 0.410 e. The molecule has 2 atom stereocenters. The lowest BCUT2D eigenvalue weighted by Crippen LogP contribution is -2.52. The van der Waals surface area contributed by atoms with Crippen LogP contribution in [0, 0.1) is 0 Å². The third kappa shape index (κ3) is 7.14. The number of nitrogens with zero attached hydrogens (tertiary/aromatic N) is 1. The van der Waals surface area contributed by atoms with Crippen molar-refractivity contribution in [3.63, 3.8) is 0 Å². The number of amides is 1. The van der Waals surface area contributed by atoms with E-state index in [1.165, 1.54) is 0 Å². The van der Waals surface area contributed by atoms with Crippen LogP contribution in [0.3, 0.4) is 0 Å². The minimum Gasteiger partial charge on any atom is -0.444 e. The van der Waals surface area contributed by atoms with E-state index < -0.39 is 11.2 Å². The lowest BCUT2D eigenvalue weighted by Gasteiger charge is -2.36. The van der Waals surface area contributed by atoms with Gasteiger partial charge in [-0.1, -0.05) is 13.3 Å². The monoisotopic (exact) mass is 300 g/mol. The number of aliphatic hydroxyl groups is 1. The van der Waals surface area contributed by atoms with Crippen molar-refractivity contribution in [3.8, 4) is 0 Å². The van der Waals surface area contributed by atoms with Crippen molar-refractivity contribution in [1.29, 1.82) is 0 Å². The lowest BCUT2D eigenvalue weighted by atomic mass is 9.99. The van der Waals surface area contributed by atoms with Gasteiger partial charge in [0.15, 0.2) is 0 Å². The molecule has 0 saturated carbocycles. The molecule has 0 radical (unpaired) electrons. The zero-order chi connectivity index (χ0) is 16.1.